The van der Waals surface area contributed by atoms with Crippen LogP contribution in [0.1, 0.15) is 34.6 Å². The number of hydrogen-bond acceptors (Lipinski definition) is 4. The maximum absolute atomic E-state index is 11.9. The first-order valence-corrected chi connectivity index (χ1v) is 9.84. The van der Waals surface area contributed by atoms with Crippen LogP contribution in [0.25, 0.3) is 0 Å². The molecule has 2 aromatic rings. The molecule has 1 aromatic carbocycles. The Bertz CT molecular complexity index is 820. The van der Waals surface area contributed by atoms with Gasteiger partial charge in [-0.25, -0.2) is 0 Å². The lowest BCUT2D eigenvalue weighted by Gasteiger charge is -2.25. The molecule has 0 fully saturated rings. The van der Waals surface area contributed by atoms with E-state index >= 15 is 0 Å². The normalized spacial score (nSPS) is 11.3. The number of nitrogens with one attached hydrogen (secondary N) is 3. The summed E-state index contributed by atoms with van der Waals surface area (Å²) in [4.78, 5) is 28.2. The number of nitrogens with zero attached hydrogens (tertiary/aromatic N) is 1. The average molecular weight is 529 g/mol. The Morgan fingerprint density at radius 1 is 1.10 bits per heavy atom. The van der Waals surface area contributed by atoms with Crippen molar-refractivity contribution in [3.8, 4) is 0 Å². The molecule has 0 unspecified atom stereocenters. The quantitative estimate of drug-likeness (QED) is 0.239. The zero-order valence-corrected chi connectivity index (χ0v) is 20.0. The summed E-state index contributed by atoms with van der Waals surface area (Å²) in [5.74, 6) is -0.185. The van der Waals surface area contributed by atoms with E-state index in [1.807, 2.05) is 12.1 Å². The third-order valence-electron chi connectivity index (χ3n) is 4.21. The summed E-state index contributed by atoms with van der Waals surface area (Å²) in [6, 6.07) is 11.3. The van der Waals surface area contributed by atoms with Gasteiger partial charge in [0.15, 0.2) is 5.96 Å². The summed E-state index contributed by atoms with van der Waals surface area (Å²) in [6.07, 6.45) is 0. The van der Waals surface area contributed by atoms with E-state index in [9.17, 15) is 9.59 Å². The smallest absolute Gasteiger partial charge is 0.251 e. The highest BCUT2D eigenvalue weighted by Gasteiger charge is 2.21. The molecule has 0 aliphatic carbocycles. The Morgan fingerprint density at radius 2 is 1.79 bits per heavy atom. The number of aliphatic imine (C=N–C) groups is 1. The van der Waals surface area contributed by atoms with E-state index in [0.717, 1.165) is 12.1 Å². The van der Waals surface area contributed by atoms with Crippen molar-refractivity contribution in [3.05, 3.63) is 57.8 Å². The molecule has 1 aromatic heterocycles. The van der Waals surface area contributed by atoms with Crippen molar-refractivity contribution < 1.29 is 9.59 Å². The molecule has 0 aliphatic rings. The highest BCUT2D eigenvalue weighted by molar-refractivity contribution is 14.0. The number of amides is 2. The minimum atomic E-state index is -0.574. The Morgan fingerprint density at radius 3 is 2.34 bits per heavy atom. The highest BCUT2D eigenvalue weighted by Crippen LogP contribution is 2.26. The molecule has 158 valence electrons. The molecule has 0 spiro atoms. The van der Waals surface area contributed by atoms with Gasteiger partial charge in [0.25, 0.3) is 5.91 Å². The number of carbonyl (C=O) groups is 2. The largest absolute Gasteiger partial charge is 0.368 e. The van der Waals surface area contributed by atoms with Crippen LogP contribution in [0.2, 0.25) is 0 Å². The fraction of sp³-hybridized carbons (Fsp3) is 0.350. The standard InChI is InChI=1S/C20H27N5O2S.HI/c1-20(2,16-5-4-10-28-16)13-25-19(22-3)24-11-14-6-8-15(9-7-14)18(27)23-12-17(21)26;/h4-10H,11-13H2,1-3H3,(H2,21,26)(H,23,27)(H2,22,24,25);1H. The van der Waals surface area contributed by atoms with E-state index < -0.39 is 5.91 Å². The summed E-state index contributed by atoms with van der Waals surface area (Å²) in [5.41, 5.74) is 6.51. The molecule has 0 bridgehead atoms. The number of halogens is 1. The molecule has 9 heteroatoms. The maximum atomic E-state index is 11.9. The van der Waals surface area contributed by atoms with Gasteiger partial charge in [-0.2, -0.15) is 0 Å². The van der Waals surface area contributed by atoms with Gasteiger partial charge in [0.05, 0.1) is 6.54 Å². The summed E-state index contributed by atoms with van der Waals surface area (Å²) in [6.45, 7) is 5.54. The van der Waals surface area contributed by atoms with Crippen LogP contribution in [0.15, 0.2) is 46.8 Å². The van der Waals surface area contributed by atoms with Crippen molar-refractivity contribution in [2.75, 3.05) is 20.1 Å². The molecular weight excluding hydrogens is 501 g/mol. The first kappa shape index (κ1) is 24.9. The number of benzene rings is 1. The predicted molar refractivity (Wildman–Crippen MR) is 129 cm³/mol. The van der Waals surface area contributed by atoms with Crippen LogP contribution in [0.3, 0.4) is 0 Å². The minimum absolute atomic E-state index is 0. The third-order valence-corrected chi connectivity index (χ3v) is 5.44. The van der Waals surface area contributed by atoms with E-state index in [2.05, 4.69) is 52.3 Å². The summed E-state index contributed by atoms with van der Waals surface area (Å²) < 4.78 is 0. The Balaban J connectivity index is 0.00000420. The lowest BCUT2D eigenvalue weighted by atomic mass is 9.91. The lowest BCUT2D eigenvalue weighted by molar-refractivity contribution is -0.117. The van der Waals surface area contributed by atoms with E-state index in [1.54, 1.807) is 30.5 Å². The topological polar surface area (TPSA) is 109 Å². The molecule has 29 heavy (non-hydrogen) atoms. The number of rotatable bonds is 8. The van der Waals surface area contributed by atoms with Crippen LogP contribution in [-0.2, 0) is 16.8 Å². The zero-order chi connectivity index (χ0) is 20.6. The number of primary amides is 1. The molecule has 5 N–H and O–H groups in total. The number of guanidine groups is 1. The molecular formula is C20H28IN5O2S. The lowest BCUT2D eigenvalue weighted by Crippen LogP contribution is -2.42. The van der Waals surface area contributed by atoms with Gasteiger partial charge in [-0.15, -0.1) is 35.3 Å². The number of thiophene rings is 1. The molecule has 0 radical (unpaired) electrons. The van der Waals surface area contributed by atoms with Gasteiger partial charge in [-0.1, -0.05) is 32.0 Å². The molecule has 0 saturated heterocycles. The van der Waals surface area contributed by atoms with Gasteiger partial charge in [0, 0.05) is 36.0 Å². The molecule has 0 atom stereocenters. The van der Waals surface area contributed by atoms with Gasteiger partial charge in [-0.05, 0) is 29.1 Å². The first-order valence-electron chi connectivity index (χ1n) is 8.96. The van der Waals surface area contributed by atoms with E-state index in [1.165, 1.54) is 4.88 Å². The van der Waals surface area contributed by atoms with Gasteiger partial charge in [0.2, 0.25) is 5.91 Å². The molecule has 0 aliphatic heterocycles. The number of carbonyl (C=O) groups excluding carboxylic acids is 2. The van der Waals surface area contributed by atoms with Crippen molar-refractivity contribution in [2.45, 2.75) is 25.8 Å². The molecule has 1 heterocycles. The monoisotopic (exact) mass is 529 g/mol. The molecule has 2 rings (SSSR count). The highest BCUT2D eigenvalue weighted by atomic mass is 127. The van der Waals surface area contributed by atoms with Gasteiger partial charge < -0.3 is 21.7 Å². The predicted octanol–water partition coefficient (Wildman–Crippen LogP) is 2.22. The van der Waals surface area contributed by atoms with Crippen molar-refractivity contribution in [1.82, 2.24) is 16.0 Å². The van der Waals surface area contributed by atoms with Crippen LogP contribution in [-0.4, -0.2) is 37.9 Å². The molecule has 0 saturated carbocycles. The average Bonchev–Trinajstić information content (AvgIpc) is 3.22. The Labute approximate surface area is 192 Å². The minimum Gasteiger partial charge on any atom is -0.368 e. The zero-order valence-electron chi connectivity index (χ0n) is 16.8. The summed E-state index contributed by atoms with van der Waals surface area (Å²) in [7, 11) is 1.74. The van der Waals surface area contributed by atoms with Crippen molar-refractivity contribution >= 4 is 53.1 Å². The van der Waals surface area contributed by atoms with Crippen LogP contribution < -0.4 is 21.7 Å². The fourth-order valence-electron chi connectivity index (χ4n) is 2.51. The van der Waals surface area contributed by atoms with Crippen LogP contribution in [0.4, 0.5) is 0 Å². The Kier molecular flexibility index (Phi) is 10.1. The van der Waals surface area contributed by atoms with Gasteiger partial charge in [-0.3, -0.25) is 14.6 Å². The maximum Gasteiger partial charge on any atom is 0.251 e. The van der Waals surface area contributed by atoms with Gasteiger partial charge >= 0.3 is 0 Å². The second-order valence-corrected chi connectivity index (χ2v) is 7.93. The summed E-state index contributed by atoms with van der Waals surface area (Å²) in [5, 5.41) is 11.2. The third kappa shape index (κ3) is 8.01. The van der Waals surface area contributed by atoms with Crippen LogP contribution in [0.5, 0.6) is 0 Å². The number of hydrogen-bond donors (Lipinski definition) is 4. The summed E-state index contributed by atoms with van der Waals surface area (Å²) >= 11 is 1.75. The van der Waals surface area contributed by atoms with Crippen LogP contribution in [0, 0.1) is 0 Å². The van der Waals surface area contributed by atoms with Crippen LogP contribution >= 0.6 is 35.3 Å². The fourth-order valence-corrected chi connectivity index (χ4v) is 3.36. The van der Waals surface area contributed by atoms with Gasteiger partial charge in [0.1, 0.15) is 0 Å². The first-order chi connectivity index (χ1) is 13.3. The second-order valence-electron chi connectivity index (χ2n) is 6.99. The van der Waals surface area contributed by atoms with Crippen molar-refractivity contribution in [3.63, 3.8) is 0 Å². The molecule has 7 nitrogen and oxygen atoms in total. The number of nitrogens with two attached hydrogens (primary N) is 1. The van der Waals surface area contributed by atoms with Crippen molar-refractivity contribution in [2.24, 2.45) is 10.7 Å². The second kappa shape index (κ2) is 11.8. The van der Waals surface area contributed by atoms with Crippen molar-refractivity contribution in [1.29, 1.82) is 0 Å². The van der Waals surface area contributed by atoms with E-state index in [0.29, 0.717) is 18.1 Å². The molecule has 2 amide bonds. The van der Waals surface area contributed by atoms with E-state index in [4.69, 9.17) is 5.73 Å². The SMILES string of the molecule is CN=C(NCc1ccc(C(=O)NCC(N)=O)cc1)NCC(C)(C)c1cccs1.I. The Hall–Kier alpha value is -2.14. The van der Waals surface area contributed by atoms with E-state index in [-0.39, 0.29) is 41.8 Å².